The molecule has 0 bridgehead atoms. The van der Waals surface area contributed by atoms with Crippen molar-refractivity contribution in [2.24, 2.45) is 7.05 Å². The van der Waals surface area contributed by atoms with Gasteiger partial charge in [0.15, 0.2) is 11.9 Å². The van der Waals surface area contributed by atoms with Gasteiger partial charge in [0.2, 0.25) is 0 Å². The van der Waals surface area contributed by atoms with Crippen LogP contribution in [-0.4, -0.2) is 0 Å². The molecule has 0 unspecified atom stereocenters. The van der Waals surface area contributed by atoms with E-state index in [9.17, 15) is 0 Å². The molecule has 0 fully saturated rings. The van der Waals surface area contributed by atoms with Gasteiger partial charge in [-0.1, -0.05) is 12.2 Å². The maximum Gasteiger partial charge on any atom is 0.178 e. The monoisotopic (exact) mass is 160 g/mol. The minimum Gasteiger partial charge on any atom is -0.205 e. The van der Waals surface area contributed by atoms with E-state index in [2.05, 4.69) is 43.0 Å². The van der Waals surface area contributed by atoms with E-state index in [4.69, 9.17) is 0 Å². The van der Waals surface area contributed by atoms with Crippen molar-refractivity contribution in [1.29, 1.82) is 0 Å². The molecule has 1 aromatic rings. The molecule has 0 amide bonds. The van der Waals surface area contributed by atoms with Gasteiger partial charge in [-0.2, -0.15) is 0 Å². The van der Waals surface area contributed by atoms with Crippen LogP contribution in [0.4, 0.5) is 0 Å². The highest BCUT2D eigenvalue weighted by molar-refractivity contribution is 5.36. The molecule has 1 aliphatic carbocycles. The summed E-state index contributed by atoms with van der Waals surface area (Å²) >= 11 is 0. The van der Waals surface area contributed by atoms with Crippen LogP contribution >= 0.6 is 0 Å². The number of hydrogen-bond donors (Lipinski definition) is 0. The Morgan fingerprint density at radius 3 is 2.58 bits per heavy atom. The van der Waals surface area contributed by atoms with Gasteiger partial charge >= 0.3 is 0 Å². The van der Waals surface area contributed by atoms with Crippen LogP contribution in [0.25, 0.3) is 12.2 Å². The van der Waals surface area contributed by atoms with E-state index in [1.807, 2.05) is 0 Å². The molecule has 1 heteroatoms. The Morgan fingerprint density at radius 1 is 1.17 bits per heavy atom. The first-order chi connectivity index (χ1) is 5.77. The number of nitrogens with zero attached hydrogens (tertiary/aromatic N) is 1. The van der Waals surface area contributed by atoms with Crippen molar-refractivity contribution in [3.05, 3.63) is 28.4 Å². The second-order valence-electron chi connectivity index (χ2n) is 3.42. The van der Waals surface area contributed by atoms with Gasteiger partial charge in [0, 0.05) is 18.2 Å². The minimum atomic E-state index is 1.19. The van der Waals surface area contributed by atoms with E-state index in [0.717, 1.165) is 0 Å². The molecule has 2 rings (SSSR count). The van der Waals surface area contributed by atoms with Gasteiger partial charge in [0.1, 0.15) is 7.05 Å². The summed E-state index contributed by atoms with van der Waals surface area (Å²) in [5.74, 6) is 0. The summed E-state index contributed by atoms with van der Waals surface area (Å²) in [6.07, 6.45) is 9.23. The van der Waals surface area contributed by atoms with Crippen molar-refractivity contribution in [3.8, 4) is 0 Å². The summed E-state index contributed by atoms with van der Waals surface area (Å²) in [7, 11) is 2.10. The third-order valence-corrected chi connectivity index (χ3v) is 2.48. The fraction of sp³-hybridized carbons (Fsp3) is 0.364. The quantitative estimate of drug-likeness (QED) is 0.476. The van der Waals surface area contributed by atoms with Crippen molar-refractivity contribution < 1.29 is 4.57 Å². The first-order valence-corrected chi connectivity index (χ1v) is 4.44. The number of rotatable bonds is 0. The molecule has 0 saturated heterocycles. The van der Waals surface area contributed by atoms with Crippen LogP contribution in [0.5, 0.6) is 0 Å². The standard InChI is InChI=1S/C11H14N/c1-9-7-10-5-3-4-6-11(10)8-12(9)2/h5-8H,3-4H2,1-2H3/q+1. The van der Waals surface area contributed by atoms with Crippen molar-refractivity contribution >= 4 is 12.2 Å². The van der Waals surface area contributed by atoms with Crippen LogP contribution < -0.4 is 15.0 Å². The van der Waals surface area contributed by atoms with E-state index in [0.29, 0.717) is 0 Å². The van der Waals surface area contributed by atoms with Crippen LogP contribution in [0.3, 0.4) is 0 Å². The highest BCUT2D eigenvalue weighted by atomic mass is 14.9. The fourth-order valence-corrected chi connectivity index (χ4v) is 1.62. The zero-order chi connectivity index (χ0) is 8.55. The predicted molar refractivity (Wildman–Crippen MR) is 49.8 cm³/mol. The number of fused-ring (bicyclic) bond motifs is 1. The molecule has 12 heavy (non-hydrogen) atoms. The second kappa shape index (κ2) is 2.74. The topological polar surface area (TPSA) is 3.88 Å². The van der Waals surface area contributed by atoms with Crippen molar-refractivity contribution in [2.45, 2.75) is 19.8 Å². The van der Waals surface area contributed by atoms with Crippen LogP contribution in [0.1, 0.15) is 18.5 Å². The van der Waals surface area contributed by atoms with Crippen molar-refractivity contribution in [2.75, 3.05) is 0 Å². The molecule has 0 aliphatic heterocycles. The zero-order valence-corrected chi connectivity index (χ0v) is 7.67. The third kappa shape index (κ3) is 1.15. The van der Waals surface area contributed by atoms with E-state index >= 15 is 0 Å². The summed E-state index contributed by atoms with van der Waals surface area (Å²) in [5.41, 5.74) is 1.32. The van der Waals surface area contributed by atoms with E-state index in [1.54, 1.807) is 0 Å². The summed E-state index contributed by atoms with van der Waals surface area (Å²) in [6, 6.07) is 2.25. The molecule has 1 nitrogen and oxygen atoms in total. The zero-order valence-electron chi connectivity index (χ0n) is 7.67. The fourth-order valence-electron chi connectivity index (χ4n) is 1.62. The molecule has 0 N–H and O–H groups in total. The lowest BCUT2D eigenvalue weighted by Crippen LogP contribution is -2.42. The number of pyridine rings is 1. The predicted octanol–water partition coefficient (Wildman–Crippen LogP) is 0.174. The number of aryl methyl sites for hydroxylation is 2. The van der Waals surface area contributed by atoms with Gasteiger partial charge in [-0.3, -0.25) is 0 Å². The van der Waals surface area contributed by atoms with E-state index in [1.165, 1.54) is 29.0 Å². The lowest BCUT2D eigenvalue weighted by Gasteiger charge is -1.99. The molecular weight excluding hydrogens is 146 g/mol. The molecule has 0 spiro atoms. The maximum absolute atomic E-state index is 2.32. The largest absolute Gasteiger partial charge is 0.205 e. The summed E-state index contributed by atoms with van der Waals surface area (Å²) in [4.78, 5) is 0. The van der Waals surface area contributed by atoms with Crippen LogP contribution in [0.15, 0.2) is 12.3 Å². The van der Waals surface area contributed by atoms with Crippen LogP contribution in [0, 0.1) is 6.92 Å². The average Bonchev–Trinajstić information content (AvgIpc) is 2.07. The molecule has 0 saturated carbocycles. The molecule has 1 heterocycles. The highest BCUT2D eigenvalue weighted by Crippen LogP contribution is 1.93. The molecule has 0 aromatic carbocycles. The van der Waals surface area contributed by atoms with Gasteiger partial charge in [-0.05, 0) is 18.1 Å². The molecule has 0 atom stereocenters. The van der Waals surface area contributed by atoms with Crippen molar-refractivity contribution in [1.82, 2.24) is 0 Å². The van der Waals surface area contributed by atoms with Crippen molar-refractivity contribution in [3.63, 3.8) is 0 Å². The molecule has 1 aliphatic rings. The molecule has 0 radical (unpaired) electrons. The Morgan fingerprint density at radius 2 is 1.83 bits per heavy atom. The molecule has 62 valence electrons. The van der Waals surface area contributed by atoms with E-state index < -0.39 is 0 Å². The summed E-state index contributed by atoms with van der Waals surface area (Å²) in [5, 5.41) is 2.78. The van der Waals surface area contributed by atoms with Gasteiger partial charge in [0.05, 0.1) is 0 Å². The Bertz CT molecular complexity index is 374. The Labute approximate surface area is 72.7 Å². The summed E-state index contributed by atoms with van der Waals surface area (Å²) in [6.45, 7) is 2.14. The second-order valence-corrected chi connectivity index (χ2v) is 3.42. The third-order valence-electron chi connectivity index (χ3n) is 2.48. The normalized spacial score (nSPS) is 14.5. The smallest absolute Gasteiger partial charge is 0.178 e. The first kappa shape index (κ1) is 7.53. The van der Waals surface area contributed by atoms with Gasteiger partial charge in [-0.15, -0.1) is 0 Å². The molecular formula is C11H14N+. The Kier molecular flexibility index (Phi) is 1.72. The highest BCUT2D eigenvalue weighted by Gasteiger charge is 2.01. The van der Waals surface area contributed by atoms with Gasteiger partial charge < -0.3 is 0 Å². The van der Waals surface area contributed by atoms with E-state index in [-0.39, 0.29) is 0 Å². The number of aromatic nitrogens is 1. The summed E-state index contributed by atoms with van der Waals surface area (Å²) < 4.78 is 2.18. The van der Waals surface area contributed by atoms with Crippen LogP contribution in [0.2, 0.25) is 0 Å². The molecule has 1 aromatic heterocycles. The SMILES string of the molecule is Cc1cc2c(c[n+]1C)=CCCC=2. The average molecular weight is 160 g/mol. The number of hydrogen-bond acceptors (Lipinski definition) is 0. The van der Waals surface area contributed by atoms with Crippen LogP contribution in [-0.2, 0) is 7.05 Å². The first-order valence-electron chi connectivity index (χ1n) is 4.44. The lowest BCUT2D eigenvalue weighted by molar-refractivity contribution is -0.678. The minimum absolute atomic E-state index is 1.19. The lowest BCUT2D eigenvalue weighted by atomic mass is 10.1. The Balaban J connectivity index is 2.82. The Hall–Kier alpha value is -1.11. The van der Waals surface area contributed by atoms with Gasteiger partial charge in [0.25, 0.3) is 0 Å². The maximum atomic E-state index is 2.32. The van der Waals surface area contributed by atoms with Gasteiger partial charge in [-0.25, -0.2) is 4.57 Å².